The molecule has 11 heavy (non-hydrogen) atoms. The molecule has 0 bridgehead atoms. The SMILES string of the molecule is C1CCCC1.C1CCCC1.[Ru]. The standard InChI is InChI=1S/2C5H10.Ru/c2*1-2-4-5-3-1;/h2*1-5H2;. The van der Waals surface area contributed by atoms with Gasteiger partial charge in [0.15, 0.2) is 0 Å². The minimum absolute atomic E-state index is 0. The van der Waals surface area contributed by atoms with E-state index in [0.717, 1.165) is 0 Å². The first-order chi connectivity index (χ1) is 5.00. The maximum Gasteiger partial charge on any atom is 0 e. The van der Waals surface area contributed by atoms with Crippen molar-refractivity contribution in [3.05, 3.63) is 0 Å². The fourth-order valence-electron chi connectivity index (χ4n) is 1.77. The van der Waals surface area contributed by atoms with E-state index in [4.69, 9.17) is 0 Å². The van der Waals surface area contributed by atoms with Crippen LogP contribution in [0.1, 0.15) is 64.2 Å². The van der Waals surface area contributed by atoms with Crippen molar-refractivity contribution < 1.29 is 19.5 Å². The zero-order valence-electron chi connectivity index (χ0n) is 7.42. The van der Waals surface area contributed by atoms with Gasteiger partial charge in [-0.1, -0.05) is 64.2 Å². The predicted octanol–water partition coefficient (Wildman–Crippen LogP) is 3.90. The summed E-state index contributed by atoms with van der Waals surface area (Å²) in [5, 5.41) is 0. The van der Waals surface area contributed by atoms with Gasteiger partial charge >= 0.3 is 0 Å². The van der Waals surface area contributed by atoms with Gasteiger partial charge in [0.2, 0.25) is 0 Å². The minimum Gasteiger partial charge on any atom is -0.0533 e. The first-order valence-electron chi connectivity index (χ1n) is 5.00. The van der Waals surface area contributed by atoms with E-state index in [9.17, 15) is 0 Å². The number of hydrogen-bond acceptors (Lipinski definition) is 0. The van der Waals surface area contributed by atoms with Crippen LogP contribution in [-0.2, 0) is 19.5 Å². The van der Waals surface area contributed by atoms with E-state index in [1.54, 1.807) is 0 Å². The second kappa shape index (κ2) is 8.72. The fraction of sp³-hybridized carbons (Fsp3) is 1.00. The Hall–Kier alpha value is 0.623. The van der Waals surface area contributed by atoms with Crippen LogP contribution in [0.2, 0.25) is 0 Å². The summed E-state index contributed by atoms with van der Waals surface area (Å²) in [7, 11) is 0. The van der Waals surface area contributed by atoms with Gasteiger partial charge in [-0.15, -0.1) is 0 Å². The van der Waals surface area contributed by atoms with Gasteiger partial charge in [-0.2, -0.15) is 0 Å². The maximum atomic E-state index is 1.50. The van der Waals surface area contributed by atoms with E-state index in [2.05, 4.69) is 0 Å². The van der Waals surface area contributed by atoms with Crippen molar-refractivity contribution in [3.63, 3.8) is 0 Å². The first kappa shape index (κ1) is 11.6. The molecule has 0 heterocycles. The molecule has 0 unspecified atom stereocenters. The Morgan fingerprint density at radius 1 is 0.273 bits per heavy atom. The molecule has 0 radical (unpaired) electrons. The summed E-state index contributed by atoms with van der Waals surface area (Å²) in [6.07, 6.45) is 15.0. The quantitative estimate of drug-likeness (QED) is 0.564. The first-order valence-corrected chi connectivity index (χ1v) is 5.00. The van der Waals surface area contributed by atoms with Crippen LogP contribution in [0.3, 0.4) is 0 Å². The molecule has 2 rings (SSSR count). The molecular weight excluding hydrogens is 221 g/mol. The second-order valence-corrected chi connectivity index (χ2v) is 3.54. The van der Waals surface area contributed by atoms with Crippen molar-refractivity contribution in [2.75, 3.05) is 0 Å². The molecule has 0 spiro atoms. The average molecular weight is 241 g/mol. The molecule has 2 aliphatic carbocycles. The fourth-order valence-corrected chi connectivity index (χ4v) is 1.77. The molecule has 0 N–H and O–H groups in total. The molecule has 0 aliphatic heterocycles. The molecule has 0 aromatic rings. The Morgan fingerprint density at radius 3 is 0.455 bits per heavy atom. The van der Waals surface area contributed by atoms with Gasteiger partial charge in [0.05, 0.1) is 0 Å². The molecule has 0 aromatic carbocycles. The number of rotatable bonds is 0. The minimum atomic E-state index is 0. The van der Waals surface area contributed by atoms with Crippen LogP contribution < -0.4 is 0 Å². The zero-order chi connectivity index (χ0) is 7.07. The topological polar surface area (TPSA) is 0 Å². The van der Waals surface area contributed by atoms with Crippen LogP contribution in [0, 0.1) is 0 Å². The summed E-state index contributed by atoms with van der Waals surface area (Å²) in [4.78, 5) is 0. The van der Waals surface area contributed by atoms with Crippen molar-refractivity contribution in [3.8, 4) is 0 Å². The molecule has 68 valence electrons. The summed E-state index contributed by atoms with van der Waals surface area (Å²) in [6, 6.07) is 0. The van der Waals surface area contributed by atoms with Gasteiger partial charge in [0.25, 0.3) is 0 Å². The Bertz CT molecular complexity index is 38.1. The summed E-state index contributed by atoms with van der Waals surface area (Å²) < 4.78 is 0. The Labute approximate surface area is 83.9 Å². The maximum absolute atomic E-state index is 1.50. The van der Waals surface area contributed by atoms with Gasteiger partial charge < -0.3 is 0 Å². The molecule has 2 fully saturated rings. The van der Waals surface area contributed by atoms with Gasteiger partial charge in [0.1, 0.15) is 0 Å². The van der Waals surface area contributed by atoms with Gasteiger partial charge in [-0.3, -0.25) is 0 Å². The normalized spacial score (nSPS) is 21.8. The summed E-state index contributed by atoms with van der Waals surface area (Å²) in [6.45, 7) is 0. The van der Waals surface area contributed by atoms with E-state index >= 15 is 0 Å². The average Bonchev–Trinajstić information content (AvgIpc) is 2.67. The van der Waals surface area contributed by atoms with Crippen LogP contribution in [0.4, 0.5) is 0 Å². The largest absolute Gasteiger partial charge is 0.0533 e. The van der Waals surface area contributed by atoms with Crippen LogP contribution >= 0.6 is 0 Å². The second-order valence-electron chi connectivity index (χ2n) is 3.54. The Morgan fingerprint density at radius 2 is 0.364 bits per heavy atom. The molecular formula is C10H20Ru. The molecule has 0 aromatic heterocycles. The van der Waals surface area contributed by atoms with Crippen LogP contribution in [0.5, 0.6) is 0 Å². The van der Waals surface area contributed by atoms with Gasteiger partial charge in [0, 0.05) is 19.5 Å². The van der Waals surface area contributed by atoms with E-state index < -0.39 is 0 Å². The Kier molecular flexibility index (Phi) is 9.21. The molecule has 0 amide bonds. The molecule has 1 heteroatoms. The monoisotopic (exact) mass is 242 g/mol. The molecule has 2 saturated carbocycles. The number of hydrogen-bond donors (Lipinski definition) is 0. The molecule has 0 atom stereocenters. The summed E-state index contributed by atoms with van der Waals surface area (Å²) in [5.41, 5.74) is 0. The van der Waals surface area contributed by atoms with E-state index in [1.165, 1.54) is 64.2 Å². The zero-order valence-corrected chi connectivity index (χ0v) is 9.16. The third kappa shape index (κ3) is 7.00. The van der Waals surface area contributed by atoms with Crippen LogP contribution in [0.15, 0.2) is 0 Å². The van der Waals surface area contributed by atoms with E-state index in [1.807, 2.05) is 0 Å². The van der Waals surface area contributed by atoms with Crippen molar-refractivity contribution in [2.45, 2.75) is 64.2 Å². The molecule has 0 nitrogen and oxygen atoms in total. The third-order valence-electron chi connectivity index (χ3n) is 2.50. The van der Waals surface area contributed by atoms with Crippen molar-refractivity contribution in [1.82, 2.24) is 0 Å². The van der Waals surface area contributed by atoms with Crippen LogP contribution in [-0.4, -0.2) is 0 Å². The van der Waals surface area contributed by atoms with Gasteiger partial charge in [-0.25, -0.2) is 0 Å². The van der Waals surface area contributed by atoms with E-state index in [0.29, 0.717) is 0 Å². The van der Waals surface area contributed by atoms with Crippen molar-refractivity contribution in [2.24, 2.45) is 0 Å². The third-order valence-corrected chi connectivity index (χ3v) is 2.50. The van der Waals surface area contributed by atoms with Crippen LogP contribution in [0.25, 0.3) is 0 Å². The summed E-state index contributed by atoms with van der Waals surface area (Å²) >= 11 is 0. The van der Waals surface area contributed by atoms with Gasteiger partial charge in [-0.05, 0) is 0 Å². The van der Waals surface area contributed by atoms with Crippen molar-refractivity contribution >= 4 is 0 Å². The smallest absolute Gasteiger partial charge is 0 e. The molecule has 2 aliphatic rings. The summed E-state index contributed by atoms with van der Waals surface area (Å²) in [5.74, 6) is 0. The van der Waals surface area contributed by atoms with E-state index in [-0.39, 0.29) is 19.5 Å². The predicted molar refractivity (Wildman–Crippen MR) is 46.2 cm³/mol. The van der Waals surface area contributed by atoms with Crippen molar-refractivity contribution in [1.29, 1.82) is 0 Å². The Balaban J connectivity index is 0.000000167. The molecule has 0 saturated heterocycles.